The molecule has 2 aromatic rings. The molecule has 0 unspecified atom stereocenters. The molecule has 0 fully saturated rings. The van der Waals surface area contributed by atoms with Gasteiger partial charge in [-0.25, -0.2) is 22.9 Å². The van der Waals surface area contributed by atoms with Gasteiger partial charge < -0.3 is 10.6 Å². The molecule has 0 aliphatic rings. The van der Waals surface area contributed by atoms with E-state index in [1.807, 2.05) is 6.92 Å². The van der Waals surface area contributed by atoms with Gasteiger partial charge in [-0.1, -0.05) is 0 Å². The number of thioether (sulfide) groups is 1. The van der Waals surface area contributed by atoms with Gasteiger partial charge in [0, 0.05) is 22.9 Å². The van der Waals surface area contributed by atoms with Crippen LogP contribution in [0.15, 0.2) is 50.5 Å². The van der Waals surface area contributed by atoms with Gasteiger partial charge in [0.1, 0.15) is 10.0 Å². The number of hydrogen-bond acceptors (Lipinski definition) is 5. The van der Waals surface area contributed by atoms with Crippen molar-refractivity contribution in [3.05, 3.63) is 47.1 Å². The van der Waals surface area contributed by atoms with Crippen molar-refractivity contribution in [2.24, 2.45) is 10.1 Å². The maximum absolute atomic E-state index is 12.9. The minimum Gasteiger partial charge on any atom is -0.357 e. The van der Waals surface area contributed by atoms with Gasteiger partial charge in [0.15, 0.2) is 5.96 Å². The van der Waals surface area contributed by atoms with Gasteiger partial charge >= 0.3 is 0 Å². The van der Waals surface area contributed by atoms with Crippen LogP contribution >= 0.6 is 23.1 Å². The first-order valence-corrected chi connectivity index (χ1v) is 11.8. The molecule has 6 nitrogen and oxygen atoms in total. The Hall–Kier alpha value is -1.62. The molecule has 0 amide bonds. The lowest BCUT2D eigenvalue weighted by Gasteiger charge is -2.11. The zero-order chi connectivity index (χ0) is 19.7. The van der Waals surface area contributed by atoms with Gasteiger partial charge in [-0.2, -0.15) is 0 Å². The molecule has 148 valence electrons. The van der Waals surface area contributed by atoms with Crippen molar-refractivity contribution >= 4 is 39.1 Å². The molecule has 0 atom stereocenters. The molecule has 0 spiro atoms. The van der Waals surface area contributed by atoms with E-state index in [4.69, 9.17) is 5.14 Å². The average molecular weight is 431 g/mol. The van der Waals surface area contributed by atoms with Crippen LogP contribution in [0.1, 0.15) is 18.2 Å². The second kappa shape index (κ2) is 10.6. The largest absolute Gasteiger partial charge is 0.357 e. The monoisotopic (exact) mass is 430 g/mol. The van der Waals surface area contributed by atoms with Crippen LogP contribution in [-0.4, -0.2) is 33.2 Å². The van der Waals surface area contributed by atoms with Crippen LogP contribution < -0.4 is 15.8 Å². The van der Waals surface area contributed by atoms with Crippen LogP contribution in [0, 0.1) is 5.82 Å². The van der Waals surface area contributed by atoms with Gasteiger partial charge in [0.05, 0.1) is 6.54 Å². The number of nitrogens with two attached hydrogens (primary N) is 1. The summed E-state index contributed by atoms with van der Waals surface area (Å²) in [7, 11) is -3.66. The fourth-order valence-electron chi connectivity index (χ4n) is 2.09. The highest BCUT2D eigenvalue weighted by Gasteiger charge is 2.11. The third-order valence-electron chi connectivity index (χ3n) is 3.35. The highest BCUT2D eigenvalue weighted by atomic mass is 32.2. The van der Waals surface area contributed by atoms with Crippen LogP contribution in [-0.2, 0) is 16.6 Å². The first-order valence-electron chi connectivity index (χ1n) is 8.40. The Kier molecular flexibility index (Phi) is 8.55. The molecular weight excluding hydrogens is 407 g/mol. The number of hydrogen-bond donors (Lipinski definition) is 3. The van der Waals surface area contributed by atoms with E-state index in [2.05, 4.69) is 15.6 Å². The number of aliphatic imine (C=N–C) groups is 1. The molecule has 27 heavy (non-hydrogen) atoms. The van der Waals surface area contributed by atoms with Crippen molar-refractivity contribution < 1.29 is 12.8 Å². The predicted octanol–water partition coefficient (Wildman–Crippen LogP) is 2.77. The van der Waals surface area contributed by atoms with Crippen molar-refractivity contribution in [3.63, 3.8) is 0 Å². The van der Waals surface area contributed by atoms with Gasteiger partial charge in [-0.05, 0) is 55.5 Å². The SMILES string of the molecule is CCNC(=NCc1ccc(S(N)(=O)=O)s1)NCCCSc1ccc(F)cc1. The second-order valence-electron chi connectivity index (χ2n) is 5.54. The van der Waals surface area contributed by atoms with Gasteiger partial charge in [-0.3, -0.25) is 0 Å². The summed E-state index contributed by atoms with van der Waals surface area (Å²) < 4.78 is 35.6. The van der Waals surface area contributed by atoms with E-state index in [9.17, 15) is 12.8 Å². The molecule has 1 aromatic carbocycles. The second-order valence-corrected chi connectivity index (χ2v) is 9.67. The number of halogens is 1. The smallest absolute Gasteiger partial charge is 0.247 e. The summed E-state index contributed by atoms with van der Waals surface area (Å²) in [6.07, 6.45) is 0.918. The molecule has 0 aliphatic carbocycles. The third kappa shape index (κ3) is 7.87. The molecule has 0 saturated heterocycles. The van der Waals surface area contributed by atoms with Crippen LogP contribution in [0.25, 0.3) is 0 Å². The van der Waals surface area contributed by atoms with E-state index < -0.39 is 10.0 Å². The highest BCUT2D eigenvalue weighted by Crippen LogP contribution is 2.21. The predicted molar refractivity (Wildman–Crippen MR) is 110 cm³/mol. The molecule has 1 aromatic heterocycles. The quantitative estimate of drug-likeness (QED) is 0.246. The zero-order valence-corrected chi connectivity index (χ0v) is 17.4. The van der Waals surface area contributed by atoms with Crippen molar-refractivity contribution in [1.82, 2.24) is 10.6 Å². The lowest BCUT2D eigenvalue weighted by Crippen LogP contribution is -2.37. The Balaban J connectivity index is 1.77. The van der Waals surface area contributed by atoms with Crippen molar-refractivity contribution in [2.45, 2.75) is 29.0 Å². The molecular formula is C17H23FN4O2S3. The van der Waals surface area contributed by atoms with Crippen LogP contribution in [0.2, 0.25) is 0 Å². The maximum Gasteiger partial charge on any atom is 0.247 e. The number of benzene rings is 1. The number of sulfonamides is 1. The first-order chi connectivity index (χ1) is 12.9. The first kappa shape index (κ1) is 21.7. The molecule has 0 radical (unpaired) electrons. The van der Waals surface area contributed by atoms with Gasteiger partial charge in [0.25, 0.3) is 0 Å². The van der Waals surface area contributed by atoms with Crippen molar-refractivity contribution in [1.29, 1.82) is 0 Å². The normalized spacial score (nSPS) is 12.2. The van der Waals surface area contributed by atoms with Crippen LogP contribution in [0.5, 0.6) is 0 Å². The molecule has 0 aliphatic heterocycles. The number of nitrogens with one attached hydrogen (secondary N) is 2. The highest BCUT2D eigenvalue weighted by molar-refractivity contribution is 7.99. The fraction of sp³-hybridized carbons (Fsp3) is 0.353. The van der Waals surface area contributed by atoms with Gasteiger partial charge in [0.2, 0.25) is 10.0 Å². The van der Waals surface area contributed by atoms with Gasteiger partial charge in [-0.15, -0.1) is 23.1 Å². The number of thiophene rings is 1. The molecule has 2 rings (SSSR count). The minimum absolute atomic E-state index is 0.142. The Labute approximate surface area is 167 Å². The Morgan fingerprint density at radius 2 is 1.96 bits per heavy atom. The average Bonchev–Trinajstić information content (AvgIpc) is 3.10. The summed E-state index contributed by atoms with van der Waals surface area (Å²) in [6, 6.07) is 9.69. The summed E-state index contributed by atoms with van der Waals surface area (Å²) in [6.45, 7) is 3.82. The van der Waals surface area contributed by atoms with E-state index in [0.717, 1.165) is 46.4 Å². The van der Waals surface area contributed by atoms with Crippen molar-refractivity contribution in [3.8, 4) is 0 Å². The standard InChI is InChI=1S/C17H23FN4O2S3/c1-2-20-17(22-12-15-8-9-16(26-15)27(19,23)24)21-10-3-11-25-14-6-4-13(18)5-7-14/h4-9H,2-3,10-12H2,1H3,(H2,19,23,24)(H2,20,21,22). The lowest BCUT2D eigenvalue weighted by atomic mass is 10.4. The number of guanidine groups is 1. The number of nitrogens with zero attached hydrogens (tertiary/aromatic N) is 1. The van der Waals surface area contributed by atoms with Crippen LogP contribution in [0.4, 0.5) is 4.39 Å². The number of primary sulfonamides is 1. The topological polar surface area (TPSA) is 96.6 Å². The summed E-state index contributed by atoms with van der Waals surface area (Å²) in [4.78, 5) is 6.33. The zero-order valence-electron chi connectivity index (χ0n) is 14.9. The molecule has 4 N–H and O–H groups in total. The minimum atomic E-state index is -3.66. The Morgan fingerprint density at radius 3 is 2.59 bits per heavy atom. The van der Waals surface area contributed by atoms with Crippen molar-refractivity contribution in [2.75, 3.05) is 18.8 Å². The maximum atomic E-state index is 12.9. The molecule has 0 saturated carbocycles. The fourth-order valence-corrected chi connectivity index (χ4v) is 4.65. The Morgan fingerprint density at radius 1 is 1.22 bits per heavy atom. The summed E-state index contributed by atoms with van der Waals surface area (Å²) in [5, 5.41) is 11.5. The Bertz CT molecular complexity index is 851. The van der Waals surface area contributed by atoms with E-state index >= 15 is 0 Å². The molecule has 10 heteroatoms. The van der Waals surface area contributed by atoms with E-state index in [1.165, 1.54) is 18.2 Å². The summed E-state index contributed by atoms with van der Waals surface area (Å²) >= 11 is 2.80. The summed E-state index contributed by atoms with van der Waals surface area (Å²) in [5.41, 5.74) is 0. The third-order valence-corrected chi connectivity index (χ3v) is 6.96. The van der Waals surface area contributed by atoms with Crippen LogP contribution in [0.3, 0.4) is 0 Å². The summed E-state index contributed by atoms with van der Waals surface area (Å²) in [5.74, 6) is 1.35. The van der Waals surface area contributed by atoms with E-state index in [1.54, 1.807) is 30.0 Å². The molecule has 0 bridgehead atoms. The molecule has 1 heterocycles. The van der Waals surface area contributed by atoms with E-state index in [-0.39, 0.29) is 10.0 Å². The number of rotatable bonds is 9. The van der Waals surface area contributed by atoms with E-state index in [0.29, 0.717) is 12.5 Å². The lowest BCUT2D eigenvalue weighted by molar-refractivity contribution is 0.600.